The maximum atomic E-state index is 5.50. The van der Waals surface area contributed by atoms with Gasteiger partial charge in [-0.1, -0.05) is 65.4 Å². The Morgan fingerprint density at radius 1 is 1.03 bits per heavy atom. The zero-order valence-electron chi connectivity index (χ0n) is 18.6. The second kappa shape index (κ2) is 10.7. The normalized spacial score (nSPS) is 11.1. The third-order valence-corrected chi connectivity index (χ3v) is 7.12. The quantitative estimate of drug-likeness (QED) is 0.239. The van der Waals surface area contributed by atoms with Crippen LogP contribution in [0, 0.1) is 0 Å². The molecule has 0 saturated heterocycles. The van der Waals surface area contributed by atoms with Crippen LogP contribution in [0.4, 0.5) is 0 Å². The lowest BCUT2D eigenvalue weighted by molar-refractivity contribution is 0.391. The second-order valence-corrected chi connectivity index (χ2v) is 9.55. The van der Waals surface area contributed by atoms with Gasteiger partial charge in [-0.15, -0.1) is 21.5 Å². The molecule has 0 amide bonds. The van der Waals surface area contributed by atoms with Crippen molar-refractivity contribution in [2.24, 2.45) is 0 Å². The molecule has 5 rings (SSSR count). The molecule has 0 N–H and O–H groups in total. The number of hydrogen-bond donors (Lipinski definition) is 0. The fourth-order valence-electron chi connectivity index (χ4n) is 3.55. The van der Waals surface area contributed by atoms with Crippen molar-refractivity contribution < 1.29 is 9.26 Å². The topological polar surface area (TPSA) is 78.9 Å². The van der Waals surface area contributed by atoms with Crippen molar-refractivity contribution in [3.8, 4) is 17.1 Å². The largest absolute Gasteiger partial charge is 0.497 e. The molecule has 7 nitrogen and oxygen atoms in total. The maximum absolute atomic E-state index is 5.50. The first-order valence-corrected chi connectivity index (χ1v) is 12.7. The highest BCUT2D eigenvalue weighted by atomic mass is 32.2. The van der Waals surface area contributed by atoms with Gasteiger partial charge in [0.15, 0.2) is 5.16 Å². The fraction of sp³-hybridized carbons (Fsp3) is 0.200. The predicted molar refractivity (Wildman–Crippen MR) is 133 cm³/mol. The van der Waals surface area contributed by atoms with E-state index in [9.17, 15) is 0 Å². The van der Waals surface area contributed by atoms with E-state index in [1.54, 1.807) is 30.2 Å². The van der Waals surface area contributed by atoms with Gasteiger partial charge in [0.2, 0.25) is 11.7 Å². The third kappa shape index (κ3) is 5.37. The van der Waals surface area contributed by atoms with Crippen LogP contribution in [0.5, 0.6) is 5.75 Å². The van der Waals surface area contributed by atoms with Crippen LogP contribution in [0.2, 0.25) is 0 Å². The van der Waals surface area contributed by atoms with Gasteiger partial charge in [-0.05, 0) is 35.6 Å². The molecule has 0 radical (unpaired) electrons. The van der Waals surface area contributed by atoms with Gasteiger partial charge in [0, 0.05) is 23.4 Å². The van der Waals surface area contributed by atoms with Crippen molar-refractivity contribution in [1.29, 1.82) is 0 Å². The van der Waals surface area contributed by atoms with Crippen LogP contribution in [0.1, 0.15) is 22.2 Å². The SMILES string of the molecule is COc1cccc(-c2noc(CSc3nnc(Cc4cccs4)n3CCc3ccccc3)n2)c1. The first-order chi connectivity index (χ1) is 16.8. The van der Waals surface area contributed by atoms with Crippen molar-refractivity contribution in [2.45, 2.75) is 30.3 Å². The van der Waals surface area contributed by atoms with Gasteiger partial charge in [0.25, 0.3) is 0 Å². The standard InChI is InChI=1S/C25H23N5O2S2/c1-31-20-10-5-9-19(15-20)24-26-23(32-29-24)17-34-25-28-27-22(16-21-11-6-14-33-21)30(25)13-12-18-7-3-2-4-8-18/h2-11,14-15H,12-13,16-17H2,1H3. The van der Waals surface area contributed by atoms with Crippen molar-refractivity contribution in [3.05, 3.63) is 94.3 Å². The molecular weight excluding hydrogens is 466 g/mol. The predicted octanol–water partition coefficient (Wildman–Crippen LogP) is 5.52. The minimum absolute atomic E-state index is 0.513. The van der Waals surface area contributed by atoms with E-state index in [1.165, 1.54) is 10.4 Å². The van der Waals surface area contributed by atoms with Crippen molar-refractivity contribution in [2.75, 3.05) is 7.11 Å². The molecule has 0 atom stereocenters. The molecule has 0 saturated carbocycles. The molecule has 2 aromatic carbocycles. The monoisotopic (exact) mass is 489 g/mol. The Hall–Kier alpha value is -3.43. The summed E-state index contributed by atoms with van der Waals surface area (Å²) in [6, 6.07) is 22.3. The Morgan fingerprint density at radius 3 is 2.76 bits per heavy atom. The number of aromatic nitrogens is 5. The number of aryl methyl sites for hydroxylation is 1. The minimum Gasteiger partial charge on any atom is -0.497 e. The van der Waals surface area contributed by atoms with Crippen LogP contribution in [-0.2, 0) is 25.1 Å². The number of methoxy groups -OCH3 is 1. The molecule has 172 valence electrons. The van der Waals surface area contributed by atoms with Crippen LogP contribution in [0.3, 0.4) is 0 Å². The molecule has 0 bridgehead atoms. The number of rotatable bonds is 10. The van der Waals surface area contributed by atoms with Gasteiger partial charge in [-0.2, -0.15) is 4.98 Å². The maximum Gasteiger partial charge on any atom is 0.237 e. The van der Waals surface area contributed by atoms with Crippen LogP contribution in [0.15, 0.2) is 81.8 Å². The number of benzene rings is 2. The summed E-state index contributed by atoms with van der Waals surface area (Å²) in [6.45, 7) is 0.805. The van der Waals surface area contributed by atoms with Crippen LogP contribution in [0.25, 0.3) is 11.4 Å². The van der Waals surface area contributed by atoms with Gasteiger partial charge >= 0.3 is 0 Å². The molecular formula is C25H23N5O2S2. The van der Waals surface area contributed by atoms with E-state index < -0.39 is 0 Å². The van der Waals surface area contributed by atoms with E-state index in [1.807, 2.05) is 30.3 Å². The number of ether oxygens (including phenoxy) is 1. The molecule has 0 aliphatic carbocycles. The van der Waals surface area contributed by atoms with E-state index in [2.05, 4.69) is 66.7 Å². The van der Waals surface area contributed by atoms with E-state index in [0.29, 0.717) is 17.5 Å². The highest BCUT2D eigenvalue weighted by molar-refractivity contribution is 7.98. The molecule has 0 fully saturated rings. The van der Waals surface area contributed by atoms with Gasteiger partial charge in [-0.25, -0.2) is 0 Å². The Kier molecular flexibility index (Phi) is 7.02. The van der Waals surface area contributed by atoms with E-state index in [4.69, 9.17) is 9.26 Å². The number of thioether (sulfide) groups is 1. The van der Waals surface area contributed by atoms with Crippen LogP contribution < -0.4 is 4.74 Å². The van der Waals surface area contributed by atoms with Gasteiger partial charge in [0.1, 0.15) is 11.6 Å². The summed E-state index contributed by atoms with van der Waals surface area (Å²) >= 11 is 3.29. The second-order valence-electron chi connectivity index (χ2n) is 7.57. The highest BCUT2D eigenvalue weighted by Gasteiger charge is 2.16. The summed E-state index contributed by atoms with van der Waals surface area (Å²) in [5.41, 5.74) is 2.14. The molecule has 3 aromatic heterocycles. The summed E-state index contributed by atoms with van der Waals surface area (Å²) in [5, 5.41) is 16.1. The summed E-state index contributed by atoms with van der Waals surface area (Å²) in [4.78, 5) is 5.82. The number of nitrogens with zero attached hydrogens (tertiary/aromatic N) is 5. The summed E-state index contributed by atoms with van der Waals surface area (Å²) in [6.07, 6.45) is 1.67. The van der Waals surface area contributed by atoms with Crippen LogP contribution >= 0.6 is 23.1 Å². The summed E-state index contributed by atoms with van der Waals surface area (Å²) in [5.74, 6) is 3.31. The lowest BCUT2D eigenvalue weighted by Crippen LogP contribution is -2.08. The molecule has 0 aliphatic heterocycles. The summed E-state index contributed by atoms with van der Waals surface area (Å²) < 4.78 is 13.0. The molecule has 9 heteroatoms. The number of thiophene rings is 1. The van der Waals surface area contributed by atoms with Crippen molar-refractivity contribution in [1.82, 2.24) is 24.9 Å². The molecule has 0 spiro atoms. The fourth-order valence-corrected chi connectivity index (χ4v) is 5.08. The van der Waals surface area contributed by atoms with E-state index in [0.717, 1.165) is 41.7 Å². The molecule has 0 aliphatic rings. The summed E-state index contributed by atoms with van der Waals surface area (Å²) in [7, 11) is 1.64. The number of hydrogen-bond acceptors (Lipinski definition) is 8. The molecule has 5 aromatic rings. The van der Waals surface area contributed by atoms with E-state index in [-0.39, 0.29) is 0 Å². The lowest BCUT2D eigenvalue weighted by Gasteiger charge is -2.09. The van der Waals surface area contributed by atoms with Crippen LogP contribution in [-0.4, -0.2) is 32.0 Å². The minimum atomic E-state index is 0.513. The first-order valence-electron chi connectivity index (χ1n) is 10.9. The smallest absolute Gasteiger partial charge is 0.237 e. The molecule has 34 heavy (non-hydrogen) atoms. The highest BCUT2D eigenvalue weighted by Crippen LogP contribution is 2.26. The Labute approximate surface area is 205 Å². The Bertz CT molecular complexity index is 1330. The van der Waals surface area contributed by atoms with Gasteiger partial charge < -0.3 is 13.8 Å². The lowest BCUT2D eigenvalue weighted by atomic mass is 10.1. The van der Waals surface area contributed by atoms with Gasteiger partial charge in [-0.3, -0.25) is 0 Å². The Morgan fingerprint density at radius 2 is 1.94 bits per heavy atom. The average Bonchev–Trinajstić information content (AvgIpc) is 3.64. The first kappa shape index (κ1) is 22.4. The third-order valence-electron chi connectivity index (χ3n) is 5.29. The average molecular weight is 490 g/mol. The Balaban J connectivity index is 1.31. The zero-order valence-corrected chi connectivity index (χ0v) is 20.3. The molecule has 3 heterocycles. The van der Waals surface area contributed by atoms with Gasteiger partial charge in [0.05, 0.1) is 12.9 Å². The van der Waals surface area contributed by atoms with Crippen molar-refractivity contribution in [3.63, 3.8) is 0 Å². The zero-order chi connectivity index (χ0) is 23.2. The van der Waals surface area contributed by atoms with Crippen molar-refractivity contribution >= 4 is 23.1 Å². The van der Waals surface area contributed by atoms with E-state index >= 15 is 0 Å². The molecule has 0 unspecified atom stereocenters.